The van der Waals surface area contributed by atoms with Gasteiger partial charge in [-0.1, -0.05) is 41.0 Å². The van der Waals surface area contributed by atoms with Crippen molar-refractivity contribution in [3.8, 4) is 0 Å². The van der Waals surface area contributed by atoms with E-state index in [1.807, 2.05) is 0 Å². The molecule has 0 radical (unpaired) electrons. The number of hydrogen-bond acceptors (Lipinski definition) is 1. The minimum Gasteiger partial charge on any atom is -0.303 e. The lowest BCUT2D eigenvalue weighted by molar-refractivity contribution is 0.176. The van der Waals surface area contributed by atoms with Gasteiger partial charge in [-0.25, -0.2) is 0 Å². The molecule has 0 aromatic carbocycles. The van der Waals surface area contributed by atoms with E-state index in [0.29, 0.717) is 5.41 Å². The van der Waals surface area contributed by atoms with Crippen LogP contribution in [0.15, 0.2) is 0 Å². The third kappa shape index (κ3) is 6.94. The molecule has 0 aliphatic rings. The molecular formula is C14H31N. The lowest BCUT2D eigenvalue weighted by Gasteiger charge is -2.31. The van der Waals surface area contributed by atoms with Gasteiger partial charge in [0.25, 0.3) is 0 Å². The summed E-state index contributed by atoms with van der Waals surface area (Å²) < 4.78 is 0. The summed E-state index contributed by atoms with van der Waals surface area (Å²) in [5.41, 5.74) is 0.469. The largest absolute Gasteiger partial charge is 0.303 e. The Bertz CT molecular complexity index is 157. The Morgan fingerprint density at radius 2 is 1.60 bits per heavy atom. The molecule has 0 heterocycles. The Balaban J connectivity index is 4.09. The molecule has 0 saturated heterocycles. The van der Waals surface area contributed by atoms with Crippen molar-refractivity contribution in [1.29, 1.82) is 0 Å². The molecule has 0 N–H and O–H groups in total. The zero-order valence-corrected chi connectivity index (χ0v) is 11.9. The van der Waals surface area contributed by atoms with Gasteiger partial charge in [-0.05, 0) is 38.1 Å². The fourth-order valence-electron chi connectivity index (χ4n) is 2.10. The maximum Gasteiger partial charge on any atom is 0.00613 e. The van der Waals surface area contributed by atoms with Crippen LogP contribution in [0.5, 0.6) is 0 Å². The van der Waals surface area contributed by atoms with Crippen molar-refractivity contribution in [2.24, 2.45) is 11.3 Å². The van der Waals surface area contributed by atoms with Crippen molar-refractivity contribution in [3.63, 3.8) is 0 Å². The third-order valence-electron chi connectivity index (χ3n) is 3.37. The van der Waals surface area contributed by atoms with E-state index in [9.17, 15) is 0 Å². The normalized spacial score (nSPS) is 16.8. The molecule has 0 amide bonds. The molecule has 0 saturated carbocycles. The molecule has 0 aliphatic heterocycles. The van der Waals surface area contributed by atoms with E-state index >= 15 is 0 Å². The van der Waals surface area contributed by atoms with Crippen LogP contribution in [-0.2, 0) is 0 Å². The van der Waals surface area contributed by atoms with Crippen molar-refractivity contribution in [2.45, 2.75) is 66.8 Å². The highest BCUT2D eigenvalue weighted by Gasteiger charge is 2.19. The molecule has 0 aliphatic carbocycles. The highest BCUT2D eigenvalue weighted by molar-refractivity contribution is 4.72. The second-order valence-corrected chi connectivity index (χ2v) is 6.24. The lowest BCUT2D eigenvalue weighted by Crippen LogP contribution is -2.34. The van der Waals surface area contributed by atoms with Crippen molar-refractivity contribution < 1.29 is 0 Å². The Kier molecular flexibility index (Phi) is 6.51. The van der Waals surface area contributed by atoms with Crippen molar-refractivity contribution in [2.75, 3.05) is 13.6 Å². The van der Waals surface area contributed by atoms with E-state index in [-0.39, 0.29) is 0 Å². The zero-order valence-electron chi connectivity index (χ0n) is 11.9. The van der Waals surface area contributed by atoms with Crippen LogP contribution in [0.3, 0.4) is 0 Å². The van der Waals surface area contributed by atoms with Crippen LogP contribution in [0.4, 0.5) is 0 Å². The Labute approximate surface area is 97.2 Å². The lowest BCUT2D eigenvalue weighted by atomic mass is 9.83. The maximum absolute atomic E-state index is 2.51. The fraction of sp³-hybridized carbons (Fsp3) is 1.00. The summed E-state index contributed by atoms with van der Waals surface area (Å²) in [7, 11) is 2.26. The molecular weight excluding hydrogens is 182 g/mol. The standard InChI is InChI=1S/C14H31N/c1-8-12(3)15(7)11-13(9-2)10-14(4,5)6/h12-13H,8-11H2,1-7H3. The molecule has 1 nitrogen and oxygen atoms in total. The van der Waals surface area contributed by atoms with Crippen molar-refractivity contribution in [1.82, 2.24) is 4.90 Å². The highest BCUT2D eigenvalue weighted by Crippen LogP contribution is 2.27. The summed E-state index contributed by atoms with van der Waals surface area (Å²) in [6, 6.07) is 0.721. The van der Waals surface area contributed by atoms with Crippen molar-refractivity contribution in [3.05, 3.63) is 0 Å². The van der Waals surface area contributed by atoms with Gasteiger partial charge in [0, 0.05) is 12.6 Å². The minimum absolute atomic E-state index is 0.469. The molecule has 0 aromatic heterocycles. The SMILES string of the molecule is CCC(CN(C)C(C)CC)CC(C)(C)C. The van der Waals surface area contributed by atoms with Gasteiger partial charge in [0.2, 0.25) is 0 Å². The first kappa shape index (κ1) is 15.0. The molecule has 0 spiro atoms. The van der Waals surface area contributed by atoms with Gasteiger partial charge in [-0.15, -0.1) is 0 Å². The Hall–Kier alpha value is -0.0400. The first-order chi connectivity index (χ1) is 6.80. The number of hydrogen-bond donors (Lipinski definition) is 0. The molecule has 0 aromatic rings. The van der Waals surface area contributed by atoms with Gasteiger partial charge in [0.05, 0.1) is 0 Å². The topological polar surface area (TPSA) is 3.24 Å². The molecule has 2 unspecified atom stereocenters. The van der Waals surface area contributed by atoms with E-state index in [1.54, 1.807) is 0 Å². The predicted octanol–water partition coefficient (Wildman–Crippen LogP) is 4.18. The van der Waals surface area contributed by atoms with Gasteiger partial charge in [-0.3, -0.25) is 0 Å². The average Bonchev–Trinajstić information content (AvgIpc) is 2.13. The van der Waals surface area contributed by atoms with E-state index in [2.05, 4.69) is 53.5 Å². The summed E-state index contributed by atoms with van der Waals surface area (Å²) in [6.45, 7) is 15.2. The Morgan fingerprint density at radius 3 is 1.93 bits per heavy atom. The molecule has 15 heavy (non-hydrogen) atoms. The fourth-order valence-corrected chi connectivity index (χ4v) is 2.10. The van der Waals surface area contributed by atoms with E-state index in [1.165, 1.54) is 25.8 Å². The first-order valence-corrected chi connectivity index (χ1v) is 6.50. The highest BCUT2D eigenvalue weighted by atomic mass is 15.1. The van der Waals surface area contributed by atoms with Crippen LogP contribution >= 0.6 is 0 Å². The number of nitrogens with zero attached hydrogens (tertiary/aromatic N) is 1. The average molecular weight is 213 g/mol. The molecule has 0 fully saturated rings. The van der Waals surface area contributed by atoms with Crippen LogP contribution in [-0.4, -0.2) is 24.5 Å². The first-order valence-electron chi connectivity index (χ1n) is 6.50. The predicted molar refractivity (Wildman–Crippen MR) is 70.2 cm³/mol. The van der Waals surface area contributed by atoms with Crippen LogP contribution in [0.1, 0.15) is 60.8 Å². The summed E-state index contributed by atoms with van der Waals surface area (Å²) in [5.74, 6) is 0.851. The van der Waals surface area contributed by atoms with Crippen LogP contribution in [0.25, 0.3) is 0 Å². The smallest absolute Gasteiger partial charge is 0.00613 e. The number of rotatable bonds is 6. The summed E-state index contributed by atoms with van der Waals surface area (Å²) in [4.78, 5) is 2.51. The van der Waals surface area contributed by atoms with Gasteiger partial charge in [-0.2, -0.15) is 0 Å². The monoisotopic (exact) mass is 213 g/mol. The molecule has 92 valence electrons. The quantitative estimate of drug-likeness (QED) is 0.640. The van der Waals surface area contributed by atoms with E-state index in [0.717, 1.165) is 12.0 Å². The van der Waals surface area contributed by atoms with Gasteiger partial charge >= 0.3 is 0 Å². The second-order valence-electron chi connectivity index (χ2n) is 6.24. The third-order valence-corrected chi connectivity index (χ3v) is 3.37. The van der Waals surface area contributed by atoms with Crippen LogP contribution in [0, 0.1) is 11.3 Å². The van der Waals surface area contributed by atoms with Gasteiger partial charge < -0.3 is 4.90 Å². The second kappa shape index (κ2) is 6.52. The van der Waals surface area contributed by atoms with Gasteiger partial charge in [0.1, 0.15) is 0 Å². The van der Waals surface area contributed by atoms with Crippen molar-refractivity contribution >= 4 is 0 Å². The Morgan fingerprint density at radius 1 is 1.07 bits per heavy atom. The van der Waals surface area contributed by atoms with E-state index in [4.69, 9.17) is 0 Å². The summed E-state index contributed by atoms with van der Waals surface area (Å²) >= 11 is 0. The minimum atomic E-state index is 0.469. The maximum atomic E-state index is 2.51. The molecule has 0 bridgehead atoms. The summed E-state index contributed by atoms with van der Waals surface area (Å²) in [6.07, 6.45) is 3.89. The summed E-state index contributed by atoms with van der Waals surface area (Å²) in [5, 5.41) is 0. The van der Waals surface area contributed by atoms with Gasteiger partial charge in [0.15, 0.2) is 0 Å². The molecule has 1 heteroatoms. The van der Waals surface area contributed by atoms with Crippen LogP contribution < -0.4 is 0 Å². The van der Waals surface area contributed by atoms with E-state index < -0.39 is 0 Å². The van der Waals surface area contributed by atoms with Crippen LogP contribution in [0.2, 0.25) is 0 Å². The molecule has 0 rings (SSSR count). The zero-order chi connectivity index (χ0) is 12.1. The molecule has 2 atom stereocenters.